The highest BCUT2D eigenvalue weighted by molar-refractivity contribution is 5.91. The predicted octanol–water partition coefficient (Wildman–Crippen LogP) is 6.24. The summed E-state index contributed by atoms with van der Waals surface area (Å²) in [5.41, 5.74) is 7.39. The van der Waals surface area contributed by atoms with Crippen molar-refractivity contribution in [2.24, 2.45) is 0 Å². The number of hydrogen-bond acceptors (Lipinski definition) is 4. The van der Waals surface area contributed by atoms with E-state index in [1.165, 1.54) is 11.1 Å². The lowest BCUT2D eigenvalue weighted by Crippen LogP contribution is -2.32. The summed E-state index contributed by atoms with van der Waals surface area (Å²) in [7, 11) is 0. The number of carboxylic acid groups (broad SMARTS) is 1. The molecule has 1 atom stereocenters. The third-order valence-corrected chi connectivity index (χ3v) is 5.56. The van der Waals surface area contributed by atoms with E-state index in [-0.39, 0.29) is 17.4 Å². The van der Waals surface area contributed by atoms with Crippen LogP contribution in [0.3, 0.4) is 0 Å². The van der Waals surface area contributed by atoms with Crippen LogP contribution in [0.5, 0.6) is 11.5 Å². The van der Waals surface area contributed by atoms with Crippen molar-refractivity contribution in [1.82, 2.24) is 0 Å². The molecule has 0 amide bonds. The van der Waals surface area contributed by atoms with Crippen molar-refractivity contribution in [2.75, 3.05) is 5.32 Å². The Labute approximate surface area is 188 Å². The highest BCUT2D eigenvalue weighted by atomic mass is 16.5. The molecule has 5 rings (SSSR count). The first kappa shape index (κ1) is 21.5. The minimum atomic E-state index is -0.833. The molecule has 5 nitrogen and oxygen atoms in total. The third-order valence-electron chi connectivity index (χ3n) is 5.56. The van der Waals surface area contributed by atoms with Crippen LogP contribution in [0, 0.1) is 0 Å². The predicted molar refractivity (Wildman–Crippen MR) is 127 cm³/mol. The van der Waals surface area contributed by atoms with Crippen LogP contribution in [0.25, 0.3) is 16.7 Å². The van der Waals surface area contributed by atoms with Crippen LogP contribution in [-0.4, -0.2) is 21.7 Å². The van der Waals surface area contributed by atoms with Crippen molar-refractivity contribution in [3.05, 3.63) is 83.4 Å². The van der Waals surface area contributed by atoms with E-state index < -0.39 is 5.97 Å². The lowest BCUT2D eigenvalue weighted by molar-refractivity contribution is -0.134. The number of anilines is 1. The second-order valence-electron chi connectivity index (χ2n) is 8.70. The standard InChI is InChI=1S/C25H23NO2.C2H4O2/c1-15-14-25(2,3)26-18-13-12-17-22-19(27)10-7-11-20(22)28-24(23(17)21(15)18)16-8-5-4-6-9-16;1-2(3)4/h4-14,24,26-27H,1-3H3;1H3,(H,3,4). The van der Waals surface area contributed by atoms with Gasteiger partial charge in [-0.25, -0.2) is 0 Å². The van der Waals surface area contributed by atoms with Gasteiger partial charge in [-0.3, -0.25) is 4.79 Å². The molecule has 2 aliphatic rings. The van der Waals surface area contributed by atoms with E-state index >= 15 is 0 Å². The number of aromatic hydroxyl groups is 1. The number of hydrogen-bond donors (Lipinski definition) is 3. The minimum absolute atomic E-state index is 0.108. The maximum atomic E-state index is 10.6. The molecule has 0 saturated heterocycles. The molecule has 32 heavy (non-hydrogen) atoms. The Kier molecular flexibility index (Phi) is 5.43. The lowest BCUT2D eigenvalue weighted by atomic mass is 9.80. The van der Waals surface area contributed by atoms with Gasteiger partial charge in [0.15, 0.2) is 6.10 Å². The number of phenols is 1. The Hall–Kier alpha value is -3.73. The number of ether oxygens (including phenoxy) is 1. The number of allylic oxidation sites excluding steroid dienone is 1. The molecular weight excluding hydrogens is 402 g/mol. The molecule has 0 aliphatic carbocycles. The molecule has 164 valence electrons. The van der Waals surface area contributed by atoms with Gasteiger partial charge in [0, 0.05) is 23.7 Å². The third kappa shape index (κ3) is 3.94. The molecule has 0 fully saturated rings. The summed E-state index contributed by atoms with van der Waals surface area (Å²) in [6.07, 6.45) is 2.03. The number of fused-ring (bicyclic) bond motifs is 5. The topological polar surface area (TPSA) is 78.8 Å². The SMILES string of the molecule is CC(=O)O.CC1=CC(C)(C)Nc2ccc3c(c21)C(c1ccccc1)Oc1cccc(O)c1-3. The van der Waals surface area contributed by atoms with Crippen LogP contribution in [0.2, 0.25) is 0 Å². The molecule has 0 saturated carbocycles. The molecule has 3 N–H and O–H groups in total. The Balaban J connectivity index is 0.000000567. The summed E-state index contributed by atoms with van der Waals surface area (Å²) in [6.45, 7) is 7.58. The van der Waals surface area contributed by atoms with Gasteiger partial charge in [0.2, 0.25) is 0 Å². The fourth-order valence-corrected chi connectivity index (χ4v) is 4.57. The van der Waals surface area contributed by atoms with E-state index in [4.69, 9.17) is 14.6 Å². The van der Waals surface area contributed by atoms with Crippen molar-refractivity contribution < 1.29 is 19.7 Å². The zero-order chi connectivity index (χ0) is 23.0. The highest BCUT2D eigenvalue weighted by Crippen LogP contribution is 2.52. The summed E-state index contributed by atoms with van der Waals surface area (Å²) in [5, 5.41) is 21.7. The number of nitrogens with one attached hydrogen (secondary N) is 1. The number of benzene rings is 3. The fraction of sp³-hybridized carbons (Fsp3) is 0.222. The quantitative estimate of drug-likeness (QED) is 0.427. The first-order chi connectivity index (χ1) is 15.2. The van der Waals surface area contributed by atoms with Crippen LogP contribution in [0.15, 0.2) is 66.7 Å². The van der Waals surface area contributed by atoms with E-state index in [0.717, 1.165) is 34.9 Å². The second kappa shape index (κ2) is 8.08. The molecule has 3 aromatic rings. The highest BCUT2D eigenvalue weighted by Gasteiger charge is 2.35. The summed E-state index contributed by atoms with van der Waals surface area (Å²) in [5.74, 6) is 0.128. The molecule has 1 unspecified atom stereocenters. The maximum absolute atomic E-state index is 10.6. The molecule has 3 aromatic carbocycles. The van der Waals surface area contributed by atoms with E-state index in [2.05, 4.69) is 56.4 Å². The maximum Gasteiger partial charge on any atom is 0.300 e. The van der Waals surface area contributed by atoms with Gasteiger partial charge in [-0.05, 0) is 55.7 Å². The van der Waals surface area contributed by atoms with Gasteiger partial charge in [-0.2, -0.15) is 0 Å². The number of phenolic OH excluding ortho intramolecular Hbond substituents is 1. The van der Waals surface area contributed by atoms with Gasteiger partial charge in [-0.1, -0.05) is 48.5 Å². The second-order valence-corrected chi connectivity index (χ2v) is 8.70. The summed E-state index contributed by atoms with van der Waals surface area (Å²) < 4.78 is 6.48. The van der Waals surface area contributed by atoms with E-state index in [1.54, 1.807) is 6.07 Å². The smallest absolute Gasteiger partial charge is 0.300 e. The van der Waals surface area contributed by atoms with Crippen molar-refractivity contribution in [3.8, 4) is 22.6 Å². The average molecular weight is 430 g/mol. The van der Waals surface area contributed by atoms with E-state index in [1.807, 2.05) is 30.3 Å². The molecule has 0 bridgehead atoms. The first-order valence-electron chi connectivity index (χ1n) is 10.6. The minimum Gasteiger partial charge on any atom is -0.507 e. The van der Waals surface area contributed by atoms with Crippen molar-refractivity contribution >= 4 is 17.2 Å². The number of carbonyl (C=O) groups is 1. The number of rotatable bonds is 1. The van der Waals surface area contributed by atoms with Gasteiger partial charge >= 0.3 is 0 Å². The van der Waals surface area contributed by atoms with Crippen molar-refractivity contribution in [1.29, 1.82) is 0 Å². The molecule has 5 heteroatoms. The molecule has 2 heterocycles. The Morgan fingerprint density at radius 3 is 2.38 bits per heavy atom. The monoisotopic (exact) mass is 429 g/mol. The fourth-order valence-electron chi connectivity index (χ4n) is 4.57. The zero-order valence-corrected chi connectivity index (χ0v) is 18.6. The number of carboxylic acids is 1. The van der Waals surface area contributed by atoms with Crippen LogP contribution in [0.4, 0.5) is 5.69 Å². The van der Waals surface area contributed by atoms with Crippen molar-refractivity contribution in [2.45, 2.75) is 39.3 Å². The van der Waals surface area contributed by atoms with Gasteiger partial charge in [0.1, 0.15) is 11.5 Å². The summed E-state index contributed by atoms with van der Waals surface area (Å²) >= 11 is 0. The average Bonchev–Trinajstić information content (AvgIpc) is 2.72. The zero-order valence-electron chi connectivity index (χ0n) is 18.6. The molecule has 2 aliphatic heterocycles. The van der Waals surface area contributed by atoms with E-state index in [0.29, 0.717) is 5.75 Å². The largest absolute Gasteiger partial charge is 0.507 e. The molecular formula is C27H27NO4. The van der Waals surface area contributed by atoms with Gasteiger partial charge in [0.05, 0.1) is 11.1 Å². The normalized spacial score (nSPS) is 17.1. The number of aliphatic carboxylic acids is 1. The molecule has 0 aromatic heterocycles. The van der Waals surface area contributed by atoms with E-state index in [9.17, 15) is 5.11 Å². The summed E-state index contributed by atoms with van der Waals surface area (Å²) in [6, 6.07) is 20.0. The van der Waals surface area contributed by atoms with Crippen molar-refractivity contribution in [3.63, 3.8) is 0 Å². The Morgan fingerprint density at radius 2 is 1.69 bits per heavy atom. The molecule has 0 radical (unpaired) electrons. The summed E-state index contributed by atoms with van der Waals surface area (Å²) in [4.78, 5) is 9.00. The Bertz CT molecular complexity index is 1210. The first-order valence-corrected chi connectivity index (χ1v) is 10.6. The van der Waals surface area contributed by atoms with Crippen LogP contribution < -0.4 is 10.1 Å². The lowest BCUT2D eigenvalue weighted by Gasteiger charge is -2.37. The van der Waals surface area contributed by atoms with Gasteiger partial charge < -0.3 is 20.3 Å². The molecule has 0 spiro atoms. The van der Waals surface area contributed by atoms with Gasteiger partial charge in [0.25, 0.3) is 5.97 Å². The Morgan fingerprint density at radius 1 is 1.00 bits per heavy atom. The van der Waals surface area contributed by atoms with Crippen LogP contribution >= 0.6 is 0 Å². The van der Waals surface area contributed by atoms with Gasteiger partial charge in [-0.15, -0.1) is 0 Å². The van der Waals surface area contributed by atoms with Crippen LogP contribution in [0.1, 0.15) is 50.5 Å². The van der Waals surface area contributed by atoms with Crippen LogP contribution in [-0.2, 0) is 4.79 Å².